The molecule has 2 aromatic carbocycles. The molecule has 0 fully saturated rings. The van der Waals surface area contributed by atoms with Crippen LogP contribution in [0.3, 0.4) is 0 Å². The van der Waals surface area contributed by atoms with Crippen LogP contribution in [0.25, 0.3) is 0 Å². The van der Waals surface area contributed by atoms with Crippen molar-refractivity contribution >= 4 is 27.1 Å². The number of nitro benzene ring substituents is 1. The van der Waals surface area contributed by atoms with E-state index < -0.39 is 37.6 Å². The van der Waals surface area contributed by atoms with Crippen molar-refractivity contribution in [3.63, 3.8) is 0 Å². The third-order valence-corrected chi connectivity index (χ3v) is 4.26. The Kier molecular flexibility index (Phi) is 4.74. The molecule has 2 rings (SSSR count). The lowest BCUT2D eigenvalue weighted by atomic mass is 10.2. The van der Waals surface area contributed by atoms with E-state index in [-0.39, 0.29) is 11.4 Å². The topological polar surface area (TPSA) is 125 Å². The molecular weight excluding hydrogens is 367 g/mol. The number of nitrogen functional groups attached to an aromatic ring is 1. The maximum Gasteiger partial charge on any atom is 0.573 e. The van der Waals surface area contributed by atoms with Gasteiger partial charge in [0.1, 0.15) is 16.3 Å². The molecule has 0 aromatic heterocycles. The normalized spacial score (nSPS) is 11.8. The summed E-state index contributed by atoms with van der Waals surface area (Å²) in [6.07, 6.45) is -5.09. The van der Waals surface area contributed by atoms with Crippen molar-refractivity contribution in [1.82, 2.24) is 0 Å². The Morgan fingerprint density at radius 2 is 1.80 bits per heavy atom. The van der Waals surface area contributed by atoms with Gasteiger partial charge in [-0.25, -0.2) is 8.42 Å². The van der Waals surface area contributed by atoms with Crippen LogP contribution in [0.4, 0.5) is 30.2 Å². The van der Waals surface area contributed by atoms with E-state index in [1.54, 1.807) is 0 Å². The number of nitro groups is 1. The van der Waals surface area contributed by atoms with Gasteiger partial charge in [-0.15, -0.1) is 13.2 Å². The number of nitrogens with zero attached hydrogens (tertiary/aromatic N) is 1. The SMILES string of the molecule is Nc1ccc(NS(=O)(=O)c2ccccc2OC(F)(F)F)cc1[N+](=O)[O-]. The van der Waals surface area contributed by atoms with E-state index in [1.807, 2.05) is 4.72 Å². The average molecular weight is 377 g/mol. The molecule has 0 amide bonds. The van der Waals surface area contributed by atoms with Gasteiger partial charge in [0.2, 0.25) is 0 Å². The second-order valence-electron chi connectivity index (χ2n) is 4.63. The van der Waals surface area contributed by atoms with E-state index in [4.69, 9.17) is 5.73 Å². The molecule has 0 saturated heterocycles. The van der Waals surface area contributed by atoms with Gasteiger partial charge in [-0.2, -0.15) is 0 Å². The molecule has 12 heteroatoms. The largest absolute Gasteiger partial charge is 0.573 e. The Morgan fingerprint density at radius 1 is 1.16 bits per heavy atom. The minimum absolute atomic E-state index is 0.200. The number of nitrogens with two attached hydrogens (primary N) is 1. The molecule has 0 bridgehead atoms. The number of benzene rings is 2. The highest BCUT2D eigenvalue weighted by Crippen LogP contribution is 2.32. The summed E-state index contributed by atoms with van der Waals surface area (Å²) in [6.45, 7) is 0. The van der Waals surface area contributed by atoms with Crippen LogP contribution in [0.2, 0.25) is 0 Å². The number of halogens is 3. The van der Waals surface area contributed by atoms with Crippen molar-refractivity contribution in [2.24, 2.45) is 0 Å². The van der Waals surface area contributed by atoms with E-state index in [1.165, 1.54) is 6.07 Å². The van der Waals surface area contributed by atoms with E-state index in [0.717, 1.165) is 36.4 Å². The number of hydrogen-bond acceptors (Lipinski definition) is 6. The smallest absolute Gasteiger partial charge is 0.404 e. The summed E-state index contributed by atoms with van der Waals surface area (Å²) >= 11 is 0. The first-order chi connectivity index (χ1) is 11.5. The van der Waals surface area contributed by atoms with Crippen molar-refractivity contribution in [2.45, 2.75) is 11.3 Å². The molecule has 0 unspecified atom stereocenters. The third kappa shape index (κ3) is 4.50. The molecule has 134 valence electrons. The summed E-state index contributed by atoms with van der Waals surface area (Å²) in [5, 5.41) is 10.8. The predicted molar refractivity (Wildman–Crippen MR) is 81.4 cm³/mol. The lowest BCUT2D eigenvalue weighted by Gasteiger charge is -2.14. The second-order valence-corrected chi connectivity index (χ2v) is 6.28. The molecule has 0 spiro atoms. The van der Waals surface area contributed by atoms with Gasteiger partial charge in [-0.1, -0.05) is 12.1 Å². The van der Waals surface area contributed by atoms with Gasteiger partial charge in [0, 0.05) is 6.07 Å². The molecule has 0 aliphatic heterocycles. The fourth-order valence-corrected chi connectivity index (χ4v) is 3.04. The van der Waals surface area contributed by atoms with Crippen molar-refractivity contribution in [3.8, 4) is 5.75 Å². The molecular formula is C13H10F3N3O5S. The van der Waals surface area contributed by atoms with E-state index in [0.29, 0.717) is 0 Å². The van der Waals surface area contributed by atoms with Crippen LogP contribution in [0.15, 0.2) is 47.4 Å². The summed E-state index contributed by atoms with van der Waals surface area (Å²) in [5.74, 6) is -0.938. The maximum absolute atomic E-state index is 12.4. The molecule has 0 aliphatic rings. The fourth-order valence-electron chi connectivity index (χ4n) is 1.86. The number of para-hydroxylation sites is 1. The Bertz CT molecular complexity index is 915. The predicted octanol–water partition coefficient (Wildman–Crippen LogP) is 2.88. The average Bonchev–Trinajstić information content (AvgIpc) is 2.47. The summed E-state index contributed by atoms with van der Waals surface area (Å²) < 4.78 is 67.5. The molecule has 3 N–H and O–H groups in total. The minimum Gasteiger partial charge on any atom is -0.404 e. The van der Waals surface area contributed by atoms with Crippen LogP contribution in [-0.2, 0) is 10.0 Å². The van der Waals surface area contributed by atoms with E-state index in [9.17, 15) is 31.7 Å². The van der Waals surface area contributed by atoms with Crippen molar-refractivity contribution in [2.75, 3.05) is 10.5 Å². The highest BCUT2D eigenvalue weighted by molar-refractivity contribution is 7.92. The standard InChI is InChI=1S/C13H10F3N3O5S/c14-13(15,16)24-11-3-1-2-4-12(11)25(22,23)18-8-5-6-9(17)10(7-8)19(20)21/h1-7,18H,17H2. The van der Waals surface area contributed by atoms with Gasteiger partial charge in [-0.05, 0) is 24.3 Å². The zero-order valence-corrected chi connectivity index (χ0v) is 13.0. The van der Waals surface area contributed by atoms with Crippen LogP contribution >= 0.6 is 0 Å². The number of sulfonamides is 1. The molecule has 0 radical (unpaired) electrons. The highest BCUT2D eigenvalue weighted by Gasteiger charge is 2.34. The van der Waals surface area contributed by atoms with Gasteiger partial charge in [0.25, 0.3) is 15.7 Å². The first-order valence-electron chi connectivity index (χ1n) is 6.41. The van der Waals surface area contributed by atoms with Crippen molar-refractivity contribution in [1.29, 1.82) is 0 Å². The van der Waals surface area contributed by atoms with Gasteiger partial charge in [-0.3, -0.25) is 14.8 Å². The van der Waals surface area contributed by atoms with Crippen LogP contribution < -0.4 is 15.2 Å². The number of alkyl halides is 3. The fraction of sp³-hybridized carbons (Fsp3) is 0.0769. The summed E-state index contributed by atoms with van der Waals surface area (Å²) in [4.78, 5) is 9.21. The molecule has 0 heterocycles. The number of nitrogens with one attached hydrogen (secondary N) is 1. The minimum atomic E-state index is -5.09. The number of hydrogen-bond donors (Lipinski definition) is 2. The molecule has 8 nitrogen and oxygen atoms in total. The molecule has 0 saturated carbocycles. The Balaban J connectivity index is 2.41. The zero-order chi connectivity index (χ0) is 18.8. The highest BCUT2D eigenvalue weighted by atomic mass is 32.2. The molecule has 0 atom stereocenters. The van der Waals surface area contributed by atoms with Gasteiger partial charge in [0.15, 0.2) is 0 Å². The quantitative estimate of drug-likeness (QED) is 0.469. The number of anilines is 2. The summed E-state index contributed by atoms with van der Waals surface area (Å²) in [6, 6.07) is 7.15. The van der Waals surface area contributed by atoms with Gasteiger partial charge >= 0.3 is 6.36 Å². The van der Waals surface area contributed by atoms with Crippen LogP contribution in [-0.4, -0.2) is 19.7 Å². The summed E-state index contributed by atoms with van der Waals surface area (Å²) in [5.41, 5.74) is 4.39. The van der Waals surface area contributed by atoms with Crippen LogP contribution in [0.5, 0.6) is 5.75 Å². The Hall–Kier alpha value is -3.02. The Morgan fingerprint density at radius 3 is 2.40 bits per heavy atom. The first-order valence-corrected chi connectivity index (χ1v) is 7.89. The lowest BCUT2D eigenvalue weighted by Crippen LogP contribution is -2.20. The Labute approximate surface area is 139 Å². The first kappa shape index (κ1) is 18.3. The van der Waals surface area contributed by atoms with Crippen molar-refractivity contribution < 1.29 is 31.2 Å². The summed E-state index contributed by atoms with van der Waals surface area (Å²) in [7, 11) is -4.51. The monoisotopic (exact) mass is 377 g/mol. The lowest BCUT2D eigenvalue weighted by molar-refractivity contribution is -0.383. The molecule has 0 aliphatic carbocycles. The van der Waals surface area contributed by atoms with Crippen molar-refractivity contribution in [3.05, 3.63) is 52.6 Å². The molecule has 2 aromatic rings. The van der Waals surface area contributed by atoms with E-state index in [2.05, 4.69) is 4.74 Å². The third-order valence-electron chi connectivity index (χ3n) is 2.84. The molecule has 25 heavy (non-hydrogen) atoms. The van der Waals surface area contributed by atoms with Crippen LogP contribution in [0.1, 0.15) is 0 Å². The van der Waals surface area contributed by atoms with Gasteiger partial charge < -0.3 is 10.5 Å². The zero-order valence-electron chi connectivity index (χ0n) is 12.1. The van der Waals surface area contributed by atoms with Crippen LogP contribution in [0, 0.1) is 10.1 Å². The number of rotatable bonds is 5. The second kappa shape index (κ2) is 6.47. The number of ether oxygens (including phenoxy) is 1. The van der Waals surface area contributed by atoms with Gasteiger partial charge in [0.05, 0.1) is 10.6 Å². The maximum atomic E-state index is 12.4. The van der Waals surface area contributed by atoms with E-state index >= 15 is 0 Å².